The van der Waals surface area contributed by atoms with E-state index in [0.717, 1.165) is 13.0 Å². The van der Waals surface area contributed by atoms with E-state index in [1.165, 1.54) is 17.0 Å². The Morgan fingerprint density at radius 3 is 2.64 bits per heavy atom. The summed E-state index contributed by atoms with van der Waals surface area (Å²) in [5.41, 5.74) is 0. The molecule has 0 saturated carbocycles. The van der Waals surface area contributed by atoms with Crippen molar-refractivity contribution in [3.63, 3.8) is 0 Å². The summed E-state index contributed by atoms with van der Waals surface area (Å²) in [6.45, 7) is 1.41. The van der Waals surface area contributed by atoms with Crippen LogP contribution in [0.15, 0.2) is 51.7 Å². The third-order valence-electron chi connectivity index (χ3n) is 3.28. The predicted octanol–water partition coefficient (Wildman–Crippen LogP) is 2.09. The zero-order valence-corrected chi connectivity index (χ0v) is 16.2. The average Bonchev–Trinajstić information content (AvgIpc) is 3.10. The molecule has 136 valence electrons. The SMILES string of the molecule is CN=C(NCCNS(=O)(=O)c1cccc(Cl)c1)NCCc1cccs1. The Morgan fingerprint density at radius 2 is 1.96 bits per heavy atom. The Kier molecular flexibility index (Phi) is 7.70. The lowest BCUT2D eigenvalue weighted by Crippen LogP contribution is -2.42. The van der Waals surface area contributed by atoms with Gasteiger partial charge in [0, 0.05) is 36.6 Å². The molecule has 0 unspecified atom stereocenters. The summed E-state index contributed by atoms with van der Waals surface area (Å²) < 4.78 is 26.8. The molecule has 6 nitrogen and oxygen atoms in total. The molecule has 3 N–H and O–H groups in total. The van der Waals surface area contributed by atoms with Crippen molar-refractivity contribution >= 4 is 38.9 Å². The first-order chi connectivity index (χ1) is 12.0. The lowest BCUT2D eigenvalue weighted by molar-refractivity contribution is 0.580. The van der Waals surface area contributed by atoms with Gasteiger partial charge in [0.25, 0.3) is 0 Å². The molecule has 1 aromatic heterocycles. The second-order valence-corrected chi connectivity index (χ2v) is 8.35. The number of rotatable bonds is 8. The molecule has 1 aromatic carbocycles. The first-order valence-electron chi connectivity index (χ1n) is 7.73. The molecular weight excluding hydrogens is 380 g/mol. The summed E-state index contributed by atoms with van der Waals surface area (Å²) in [6, 6.07) is 10.3. The molecule has 0 aliphatic carbocycles. The number of hydrogen-bond acceptors (Lipinski definition) is 4. The van der Waals surface area contributed by atoms with E-state index in [0.29, 0.717) is 17.5 Å². The minimum absolute atomic E-state index is 0.151. The number of hydrogen-bond donors (Lipinski definition) is 3. The second kappa shape index (κ2) is 9.76. The van der Waals surface area contributed by atoms with Gasteiger partial charge in [-0.1, -0.05) is 23.7 Å². The van der Waals surface area contributed by atoms with Gasteiger partial charge >= 0.3 is 0 Å². The van der Waals surface area contributed by atoms with Gasteiger partial charge in [0.2, 0.25) is 10.0 Å². The number of aliphatic imine (C=N–C) groups is 1. The molecule has 0 bridgehead atoms. The van der Waals surface area contributed by atoms with Crippen molar-refractivity contribution in [1.82, 2.24) is 15.4 Å². The number of guanidine groups is 1. The van der Waals surface area contributed by atoms with E-state index in [2.05, 4.69) is 31.8 Å². The second-order valence-electron chi connectivity index (χ2n) is 5.11. The topological polar surface area (TPSA) is 82.6 Å². The highest BCUT2D eigenvalue weighted by molar-refractivity contribution is 7.89. The maximum absolute atomic E-state index is 12.2. The Hall–Kier alpha value is -1.61. The summed E-state index contributed by atoms with van der Waals surface area (Å²) >= 11 is 7.55. The standard InChI is InChI=1S/C16H21ClN4O2S2/c1-18-16(19-8-7-14-5-3-11-24-14)20-9-10-21-25(22,23)15-6-2-4-13(17)12-15/h2-6,11-12,21H,7-10H2,1H3,(H2,18,19,20). The van der Waals surface area contributed by atoms with E-state index in [-0.39, 0.29) is 11.4 Å². The lowest BCUT2D eigenvalue weighted by atomic mass is 10.3. The number of nitrogens with one attached hydrogen (secondary N) is 3. The van der Waals surface area contributed by atoms with Crippen LogP contribution in [0.25, 0.3) is 0 Å². The zero-order chi connectivity index (χ0) is 18.1. The maximum atomic E-state index is 12.2. The van der Waals surface area contributed by atoms with E-state index in [9.17, 15) is 8.42 Å². The fourth-order valence-corrected chi connectivity index (χ4v) is 4.10. The number of halogens is 1. The van der Waals surface area contributed by atoms with E-state index in [4.69, 9.17) is 11.6 Å². The van der Waals surface area contributed by atoms with Crippen LogP contribution in [0.4, 0.5) is 0 Å². The molecule has 0 saturated heterocycles. The minimum Gasteiger partial charge on any atom is -0.356 e. The van der Waals surface area contributed by atoms with Crippen LogP contribution in [0.3, 0.4) is 0 Å². The van der Waals surface area contributed by atoms with Crippen LogP contribution >= 0.6 is 22.9 Å². The van der Waals surface area contributed by atoms with Gasteiger partial charge in [-0.15, -0.1) is 11.3 Å². The summed E-state index contributed by atoms with van der Waals surface area (Å²) in [6.07, 6.45) is 0.916. The number of benzene rings is 1. The van der Waals surface area contributed by atoms with E-state index >= 15 is 0 Å². The predicted molar refractivity (Wildman–Crippen MR) is 104 cm³/mol. The summed E-state index contributed by atoms with van der Waals surface area (Å²) in [5, 5.41) is 8.71. The fraction of sp³-hybridized carbons (Fsp3) is 0.312. The third-order valence-corrected chi connectivity index (χ3v) is 5.91. The molecule has 2 rings (SSSR count). The highest BCUT2D eigenvalue weighted by atomic mass is 35.5. The molecule has 0 aliphatic heterocycles. The summed E-state index contributed by atoms with van der Waals surface area (Å²) in [4.78, 5) is 5.57. The van der Waals surface area contributed by atoms with Crippen LogP contribution in [0, 0.1) is 0 Å². The molecular formula is C16H21ClN4O2S2. The quantitative estimate of drug-likeness (QED) is 0.360. The average molecular weight is 401 g/mol. The van der Waals surface area contributed by atoms with Gasteiger partial charge < -0.3 is 10.6 Å². The Labute approximate surface area is 157 Å². The fourth-order valence-electron chi connectivity index (χ4n) is 2.06. The van der Waals surface area contributed by atoms with Crippen LogP contribution in [0.2, 0.25) is 5.02 Å². The Bertz CT molecular complexity index is 792. The molecule has 0 amide bonds. The highest BCUT2D eigenvalue weighted by Gasteiger charge is 2.13. The molecule has 1 heterocycles. The molecule has 0 aliphatic rings. The Morgan fingerprint density at radius 1 is 1.16 bits per heavy atom. The van der Waals surface area contributed by atoms with Gasteiger partial charge in [-0.05, 0) is 36.1 Å². The van der Waals surface area contributed by atoms with Crippen molar-refractivity contribution in [2.45, 2.75) is 11.3 Å². The van der Waals surface area contributed by atoms with Crippen LogP contribution in [-0.4, -0.2) is 41.1 Å². The third kappa shape index (κ3) is 6.66. The Balaban J connectivity index is 1.71. The van der Waals surface area contributed by atoms with Crippen LogP contribution in [0.5, 0.6) is 0 Å². The smallest absolute Gasteiger partial charge is 0.240 e. The van der Waals surface area contributed by atoms with Gasteiger partial charge in [-0.3, -0.25) is 4.99 Å². The van der Waals surface area contributed by atoms with Gasteiger partial charge in [0.05, 0.1) is 4.90 Å². The summed E-state index contributed by atoms with van der Waals surface area (Å²) in [5.74, 6) is 0.638. The lowest BCUT2D eigenvalue weighted by Gasteiger charge is -2.12. The van der Waals surface area contributed by atoms with Gasteiger partial charge in [-0.25, -0.2) is 13.1 Å². The van der Waals surface area contributed by atoms with Crippen molar-refractivity contribution in [2.24, 2.45) is 4.99 Å². The molecule has 0 radical (unpaired) electrons. The van der Waals surface area contributed by atoms with E-state index < -0.39 is 10.0 Å². The van der Waals surface area contributed by atoms with E-state index in [1.807, 2.05) is 6.07 Å². The minimum atomic E-state index is -3.57. The van der Waals surface area contributed by atoms with Gasteiger partial charge in [0.1, 0.15) is 0 Å². The van der Waals surface area contributed by atoms with E-state index in [1.54, 1.807) is 30.5 Å². The number of thiophene rings is 1. The first-order valence-corrected chi connectivity index (χ1v) is 10.5. The van der Waals surface area contributed by atoms with Crippen molar-refractivity contribution < 1.29 is 8.42 Å². The van der Waals surface area contributed by atoms with Crippen LogP contribution in [0.1, 0.15) is 4.88 Å². The largest absolute Gasteiger partial charge is 0.356 e. The maximum Gasteiger partial charge on any atom is 0.240 e. The highest BCUT2D eigenvalue weighted by Crippen LogP contribution is 2.14. The number of nitrogens with zero attached hydrogens (tertiary/aromatic N) is 1. The molecule has 25 heavy (non-hydrogen) atoms. The van der Waals surface area contributed by atoms with Crippen molar-refractivity contribution in [2.75, 3.05) is 26.7 Å². The van der Waals surface area contributed by atoms with Crippen molar-refractivity contribution in [3.05, 3.63) is 51.7 Å². The van der Waals surface area contributed by atoms with Gasteiger partial charge in [0.15, 0.2) is 5.96 Å². The van der Waals surface area contributed by atoms with Crippen molar-refractivity contribution in [3.8, 4) is 0 Å². The van der Waals surface area contributed by atoms with Gasteiger partial charge in [-0.2, -0.15) is 0 Å². The summed E-state index contributed by atoms with van der Waals surface area (Å²) in [7, 11) is -1.89. The first kappa shape index (κ1) is 19.7. The zero-order valence-electron chi connectivity index (χ0n) is 13.8. The number of sulfonamides is 1. The molecule has 0 spiro atoms. The van der Waals surface area contributed by atoms with Crippen LogP contribution in [-0.2, 0) is 16.4 Å². The molecule has 0 atom stereocenters. The molecule has 2 aromatic rings. The van der Waals surface area contributed by atoms with Crippen molar-refractivity contribution in [1.29, 1.82) is 0 Å². The molecule has 0 fully saturated rings. The van der Waals surface area contributed by atoms with Crippen LogP contribution < -0.4 is 15.4 Å². The molecule has 9 heteroatoms. The monoisotopic (exact) mass is 400 g/mol. The normalized spacial score (nSPS) is 12.2.